The van der Waals surface area contributed by atoms with Gasteiger partial charge in [-0.25, -0.2) is 0 Å². The van der Waals surface area contributed by atoms with Crippen LogP contribution in [0.3, 0.4) is 0 Å². The molecule has 0 bridgehead atoms. The van der Waals surface area contributed by atoms with Crippen LogP contribution in [0.15, 0.2) is 87.1 Å². The smallest absolute Gasteiger partial charge is 0.339 e. The molecular formula is C24H16BrClN2O6S2. The summed E-state index contributed by atoms with van der Waals surface area (Å²) in [6.45, 7) is -0.421. The molecule has 3 aromatic rings. The summed E-state index contributed by atoms with van der Waals surface area (Å²) >= 11 is 9.79. The Balaban J connectivity index is 1.45. The molecule has 36 heavy (non-hydrogen) atoms. The van der Waals surface area contributed by atoms with Crippen LogP contribution in [0, 0.1) is 0 Å². The third-order valence-electron chi connectivity index (χ3n) is 4.79. The van der Waals surface area contributed by atoms with E-state index in [-0.39, 0.29) is 15.6 Å². The minimum absolute atomic E-state index is 0.0350. The lowest BCUT2D eigenvalue weighted by Gasteiger charge is -2.12. The molecule has 0 aromatic heterocycles. The number of thioether (sulfide) groups is 1. The van der Waals surface area contributed by atoms with Crippen molar-refractivity contribution in [3.63, 3.8) is 0 Å². The molecule has 0 atom stereocenters. The van der Waals surface area contributed by atoms with Crippen LogP contribution in [0.25, 0.3) is 6.08 Å². The number of benzene rings is 3. The summed E-state index contributed by atoms with van der Waals surface area (Å²) in [5.74, 6) is -1.07. The number of imide groups is 1. The van der Waals surface area contributed by atoms with Crippen LogP contribution in [0.5, 0.6) is 5.75 Å². The predicted octanol–water partition coefficient (Wildman–Crippen LogP) is 5.55. The van der Waals surface area contributed by atoms with Crippen LogP contribution < -0.4 is 9.50 Å². The van der Waals surface area contributed by atoms with E-state index in [9.17, 15) is 22.8 Å². The minimum atomic E-state index is -4.10. The van der Waals surface area contributed by atoms with Crippen molar-refractivity contribution in [2.75, 3.05) is 11.9 Å². The number of hydrogen-bond donors (Lipinski definition) is 1. The van der Waals surface area contributed by atoms with E-state index >= 15 is 0 Å². The number of anilines is 1. The zero-order valence-corrected chi connectivity index (χ0v) is 22.2. The number of amides is 3. The first kappa shape index (κ1) is 26.0. The van der Waals surface area contributed by atoms with Gasteiger partial charge >= 0.3 is 10.1 Å². The van der Waals surface area contributed by atoms with Crippen LogP contribution in [0.4, 0.5) is 10.5 Å². The van der Waals surface area contributed by atoms with Crippen molar-refractivity contribution in [3.05, 3.63) is 92.8 Å². The Morgan fingerprint density at radius 3 is 2.42 bits per heavy atom. The maximum Gasteiger partial charge on any atom is 0.339 e. The van der Waals surface area contributed by atoms with Crippen molar-refractivity contribution in [1.82, 2.24) is 4.90 Å². The van der Waals surface area contributed by atoms with Gasteiger partial charge in [-0.3, -0.25) is 19.3 Å². The zero-order valence-electron chi connectivity index (χ0n) is 18.2. The molecule has 0 unspecified atom stereocenters. The number of halogens is 2. The molecule has 1 aliphatic heterocycles. The maximum atomic E-state index is 12.7. The first-order valence-electron chi connectivity index (χ1n) is 10.2. The molecule has 0 aliphatic carbocycles. The molecule has 12 heteroatoms. The number of rotatable bonds is 7. The summed E-state index contributed by atoms with van der Waals surface area (Å²) in [7, 11) is -4.10. The molecule has 8 nitrogen and oxygen atoms in total. The molecule has 3 aromatic carbocycles. The molecule has 1 aliphatic rings. The third kappa shape index (κ3) is 6.16. The summed E-state index contributed by atoms with van der Waals surface area (Å²) in [5, 5.41) is 2.45. The van der Waals surface area contributed by atoms with Crippen molar-refractivity contribution in [2.24, 2.45) is 0 Å². The molecule has 1 fully saturated rings. The van der Waals surface area contributed by atoms with E-state index < -0.39 is 33.7 Å². The van der Waals surface area contributed by atoms with E-state index in [4.69, 9.17) is 15.8 Å². The molecule has 0 spiro atoms. The average molecular weight is 608 g/mol. The van der Waals surface area contributed by atoms with Gasteiger partial charge in [0.15, 0.2) is 5.75 Å². The predicted molar refractivity (Wildman–Crippen MR) is 141 cm³/mol. The van der Waals surface area contributed by atoms with Gasteiger partial charge in [0.05, 0.1) is 9.38 Å². The van der Waals surface area contributed by atoms with Crippen LogP contribution >= 0.6 is 39.3 Å². The normalized spacial score (nSPS) is 14.8. The van der Waals surface area contributed by atoms with E-state index in [1.807, 2.05) is 0 Å². The number of carbonyl (C=O) groups is 3. The first-order valence-corrected chi connectivity index (χ1v) is 13.6. The molecule has 1 saturated heterocycles. The van der Waals surface area contributed by atoms with Crippen LogP contribution in [0.2, 0.25) is 5.02 Å². The van der Waals surface area contributed by atoms with Crippen molar-refractivity contribution in [2.45, 2.75) is 4.90 Å². The van der Waals surface area contributed by atoms with E-state index in [2.05, 4.69) is 21.2 Å². The molecule has 184 valence electrons. The average Bonchev–Trinajstić information content (AvgIpc) is 3.09. The molecule has 3 amide bonds. The van der Waals surface area contributed by atoms with Gasteiger partial charge in [-0.05, 0) is 87.9 Å². The molecule has 1 heterocycles. The number of hydrogen-bond acceptors (Lipinski definition) is 7. The van der Waals surface area contributed by atoms with Crippen LogP contribution in [-0.2, 0) is 19.7 Å². The quantitative estimate of drug-likeness (QED) is 0.277. The Hall–Kier alpha value is -3.12. The van der Waals surface area contributed by atoms with Crippen LogP contribution in [0.1, 0.15) is 5.56 Å². The molecule has 4 rings (SSSR count). The lowest BCUT2D eigenvalue weighted by Crippen LogP contribution is -2.36. The molecular weight excluding hydrogens is 592 g/mol. The second kappa shape index (κ2) is 10.9. The molecule has 0 saturated carbocycles. The van der Waals surface area contributed by atoms with Crippen molar-refractivity contribution >= 4 is 78.2 Å². The monoisotopic (exact) mass is 606 g/mol. The summed E-state index contributed by atoms with van der Waals surface area (Å²) in [5.41, 5.74) is 1.06. The number of para-hydroxylation sites is 1. The summed E-state index contributed by atoms with van der Waals surface area (Å²) in [6, 6.07) is 18.7. The zero-order chi connectivity index (χ0) is 25.9. The van der Waals surface area contributed by atoms with Gasteiger partial charge < -0.3 is 9.50 Å². The molecule has 0 radical (unpaired) electrons. The van der Waals surface area contributed by atoms with Crippen molar-refractivity contribution < 1.29 is 27.0 Å². The Kier molecular flexibility index (Phi) is 7.84. The standard InChI is InChI=1S/C24H16BrClN2O6S2/c25-19-12-15(6-11-20(19)34-36(32,33)18-9-7-16(26)8-10-18)13-21-23(30)28(24(31)35-21)14-22(29)27-17-4-2-1-3-5-17/h1-13H,14H2,(H,27,29)/b21-13-. The largest absolute Gasteiger partial charge is 0.378 e. The Morgan fingerprint density at radius 1 is 1.06 bits per heavy atom. The first-order chi connectivity index (χ1) is 17.1. The Labute approximate surface area is 224 Å². The fraction of sp³-hybridized carbons (Fsp3) is 0.0417. The second-order valence-electron chi connectivity index (χ2n) is 7.36. The van der Waals surface area contributed by atoms with Gasteiger partial charge in [0, 0.05) is 10.7 Å². The van der Waals surface area contributed by atoms with Gasteiger partial charge in [-0.1, -0.05) is 35.9 Å². The van der Waals surface area contributed by atoms with E-state index in [0.717, 1.165) is 4.90 Å². The fourth-order valence-electron chi connectivity index (χ4n) is 3.10. The van der Waals surface area contributed by atoms with Gasteiger partial charge in [-0.15, -0.1) is 0 Å². The SMILES string of the molecule is O=C(CN1C(=O)S/C(=C\c2ccc(OS(=O)(=O)c3ccc(Cl)cc3)c(Br)c2)C1=O)Nc1ccccc1. The highest BCUT2D eigenvalue weighted by Crippen LogP contribution is 2.34. The number of nitrogens with one attached hydrogen (secondary N) is 1. The van der Waals surface area contributed by atoms with E-state index in [1.165, 1.54) is 42.5 Å². The maximum absolute atomic E-state index is 12.7. The summed E-state index contributed by atoms with van der Waals surface area (Å²) in [4.78, 5) is 38.3. The highest BCUT2D eigenvalue weighted by molar-refractivity contribution is 9.10. The highest BCUT2D eigenvalue weighted by atomic mass is 79.9. The Bertz CT molecular complexity index is 1480. The second-order valence-corrected chi connectivity index (χ2v) is 11.2. The highest BCUT2D eigenvalue weighted by Gasteiger charge is 2.36. The van der Waals surface area contributed by atoms with E-state index in [0.29, 0.717) is 32.5 Å². The van der Waals surface area contributed by atoms with Crippen molar-refractivity contribution in [3.8, 4) is 5.75 Å². The van der Waals surface area contributed by atoms with E-state index in [1.54, 1.807) is 36.4 Å². The van der Waals surface area contributed by atoms with Gasteiger partial charge in [0.1, 0.15) is 11.4 Å². The third-order valence-corrected chi connectivity index (χ3v) is 7.82. The topological polar surface area (TPSA) is 110 Å². The summed E-state index contributed by atoms with van der Waals surface area (Å²) < 4.78 is 30.6. The number of nitrogens with zero attached hydrogens (tertiary/aromatic N) is 1. The van der Waals surface area contributed by atoms with Gasteiger partial charge in [0.25, 0.3) is 11.1 Å². The van der Waals surface area contributed by atoms with Gasteiger partial charge in [-0.2, -0.15) is 8.42 Å². The number of carbonyl (C=O) groups excluding carboxylic acids is 3. The Morgan fingerprint density at radius 2 is 1.75 bits per heavy atom. The summed E-state index contributed by atoms with van der Waals surface area (Å²) in [6.07, 6.45) is 1.47. The van der Waals surface area contributed by atoms with Crippen molar-refractivity contribution in [1.29, 1.82) is 0 Å². The minimum Gasteiger partial charge on any atom is -0.378 e. The van der Waals surface area contributed by atoms with Gasteiger partial charge in [0.2, 0.25) is 5.91 Å². The lowest BCUT2D eigenvalue weighted by molar-refractivity contribution is -0.127. The molecule has 1 N–H and O–H groups in total. The van der Waals surface area contributed by atoms with Crippen LogP contribution in [-0.4, -0.2) is 36.9 Å². The fourth-order valence-corrected chi connectivity index (χ4v) is 5.59. The lowest BCUT2D eigenvalue weighted by atomic mass is 10.2.